The second-order valence-corrected chi connectivity index (χ2v) is 15.0. The van der Waals surface area contributed by atoms with Gasteiger partial charge in [0.05, 0.1) is 40.7 Å². The number of Topliss-reactive ketones (excluding diaryl/α,β-unsaturated/α-hetero) is 1. The van der Waals surface area contributed by atoms with E-state index in [0.717, 1.165) is 6.42 Å². The molecule has 0 saturated carbocycles. The largest absolute Gasteiger partial charge is 0.493 e. The molecular weight excluding hydrogens is 595 g/mol. The molecule has 3 unspecified atom stereocenters. The Hall–Kier alpha value is -3.34. The number of nitrogens with zero attached hydrogens (tertiary/aromatic N) is 1. The summed E-state index contributed by atoms with van der Waals surface area (Å²) in [6.07, 6.45) is 0.954. The van der Waals surface area contributed by atoms with Gasteiger partial charge in [-0.3, -0.25) is 4.79 Å². The van der Waals surface area contributed by atoms with Crippen molar-refractivity contribution in [1.29, 1.82) is 0 Å². The first-order chi connectivity index (χ1) is 21.1. The predicted octanol–water partition coefficient (Wildman–Crippen LogP) is 6.85. The summed E-state index contributed by atoms with van der Waals surface area (Å²) in [5.41, 5.74) is 0.141. The predicted molar refractivity (Wildman–Crippen MR) is 175 cm³/mol. The molecule has 3 atom stereocenters. The lowest BCUT2D eigenvalue weighted by atomic mass is 9.80. The number of ketones is 1. The number of hydrogen-bond donors (Lipinski definition) is 2. The maximum Gasteiger partial charge on any atom is 0.163 e. The van der Waals surface area contributed by atoms with Gasteiger partial charge in [0.25, 0.3) is 0 Å². The first kappa shape index (κ1) is 34.5. The van der Waals surface area contributed by atoms with E-state index in [-0.39, 0.29) is 31.1 Å². The molecule has 45 heavy (non-hydrogen) atoms. The Kier molecular flexibility index (Phi) is 10.4. The lowest BCUT2D eigenvalue weighted by molar-refractivity contribution is 0.0396. The van der Waals surface area contributed by atoms with Crippen molar-refractivity contribution >= 4 is 16.8 Å². The van der Waals surface area contributed by atoms with E-state index in [1.54, 1.807) is 43.3 Å². The molecule has 2 heterocycles. The lowest BCUT2D eigenvalue weighted by Gasteiger charge is -2.36. The van der Waals surface area contributed by atoms with Crippen LogP contribution >= 0.6 is 0 Å². The first-order valence-corrected chi connectivity index (χ1v) is 16.5. The molecule has 0 amide bonds. The molecule has 0 spiro atoms. The molecule has 0 fully saturated rings. The number of aliphatic hydroxyl groups is 1. The monoisotopic (exact) mass is 640 g/mol. The number of nitrogens with one attached hydrogen (secondary N) is 1. The molecule has 0 bridgehead atoms. The molecule has 2 aromatic carbocycles. The average Bonchev–Trinajstić information content (AvgIpc) is 3.37. The van der Waals surface area contributed by atoms with Crippen LogP contribution in [0.25, 0.3) is 11.3 Å². The highest BCUT2D eigenvalue weighted by Gasteiger charge is 2.48. The minimum absolute atomic E-state index is 0.0358. The highest BCUT2D eigenvalue weighted by molar-refractivity contribution is 7.84. The van der Waals surface area contributed by atoms with E-state index < -0.39 is 32.7 Å². The van der Waals surface area contributed by atoms with Crippen LogP contribution in [0.1, 0.15) is 89.3 Å². The third-order valence-electron chi connectivity index (χ3n) is 8.17. The highest BCUT2D eigenvalue weighted by atomic mass is 32.2. The minimum Gasteiger partial charge on any atom is -0.493 e. The summed E-state index contributed by atoms with van der Waals surface area (Å²) in [5, 5.41) is 11.8. The van der Waals surface area contributed by atoms with Gasteiger partial charge in [0.15, 0.2) is 23.0 Å². The zero-order valence-corrected chi connectivity index (χ0v) is 28.3. The summed E-state index contributed by atoms with van der Waals surface area (Å²) >= 11 is 0. The summed E-state index contributed by atoms with van der Waals surface area (Å²) in [4.78, 5) is 18.1. The van der Waals surface area contributed by atoms with Crippen molar-refractivity contribution in [3.63, 3.8) is 0 Å². The van der Waals surface area contributed by atoms with Crippen LogP contribution in [-0.2, 0) is 22.1 Å². The quantitative estimate of drug-likeness (QED) is 0.197. The molecule has 0 aliphatic carbocycles. The molecule has 2 N–H and O–H groups in total. The fourth-order valence-electron chi connectivity index (χ4n) is 5.15. The molecule has 4 rings (SSSR count). The number of benzene rings is 2. The van der Waals surface area contributed by atoms with Gasteiger partial charge < -0.3 is 19.3 Å². The Morgan fingerprint density at radius 2 is 1.82 bits per heavy atom. The van der Waals surface area contributed by atoms with Crippen molar-refractivity contribution in [1.82, 2.24) is 9.71 Å². The van der Waals surface area contributed by atoms with E-state index in [0.29, 0.717) is 51.9 Å². The maximum atomic E-state index is 13.9. The number of halogens is 1. The van der Waals surface area contributed by atoms with Crippen molar-refractivity contribution in [3.8, 4) is 28.5 Å². The molecule has 3 aromatic rings. The fourth-order valence-corrected chi connectivity index (χ4v) is 6.20. The van der Waals surface area contributed by atoms with E-state index in [2.05, 4.69) is 4.72 Å². The Morgan fingerprint density at radius 1 is 1.13 bits per heavy atom. The van der Waals surface area contributed by atoms with Crippen LogP contribution < -0.4 is 18.9 Å². The Morgan fingerprint density at radius 3 is 2.42 bits per heavy atom. The van der Waals surface area contributed by atoms with E-state index in [4.69, 9.17) is 19.2 Å². The van der Waals surface area contributed by atoms with E-state index in [1.807, 2.05) is 41.5 Å². The summed E-state index contributed by atoms with van der Waals surface area (Å²) in [7, 11) is 0.0858. The van der Waals surface area contributed by atoms with Gasteiger partial charge in [-0.2, -0.15) is 0 Å². The fraction of sp³-hybridized carbons (Fsp3) is 0.486. The molecular formula is C35H45FN2O6S. The van der Waals surface area contributed by atoms with Crippen LogP contribution in [0.5, 0.6) is 17.2 Å². The maximum absolute atomic E-state index is 13.9. The molecule has 8 nitrogen and oxygen atoms in total. The number of hydrogen-bond acceptors (Lipinski definition) is 7. The van der Waals surface area contributed by atoms with Crippen molar-refractivity contribution in [2.24, 2.45) is 5.92 Å². The number of ether oxygens (including phenoxy) is 3. The van der Waals surface area contributed by atoms with Crippen LogP contribution in [-0.4, -0.2) is 45.2 Å². The second kappa shape index (κ2) is 13.6. The second-order valence-electron chi connectivity index (χ2n) is 13.0. The van der Waals surface area contributed by atoms with Gasteiger partial charge in [0.2, 0.25) is 0 Å². The van der Waals surface area contributed by atoms with Gasteiger partial charge in [-0.05, 0) is 95.0 Å². The van der Waals surface area contributed by atoms with Crippen molar-refractivity contribution < 1.29 is 32.7 Å². The topological polar surface area (TPSA) is 107 Å². The molecule has 244 valence electrons. The molecule has 10 heteroatoms. The third kappa shape index (κ3) is 7.39. The summed E-state index contributed by atoms with van der Waals surface area (Å²) in [6.45, 7) is 14.1. The smallest absolute Gasteiger partial charge is 0.163 e. The van der Waals surface area contributed by atoms with Gasteiger partial charge >= 0.3 is 0 Å². The van der Waals surface area contributed by atoms with Gasteiger partial charge in [-0.1, -0.05) is 20.8 Å². The number of methoxy groups -OCH3 is 1. The molecule has 1 aliphatic heterocycles. The lowest BCUT2D eigenvalue weighted by Crippen LogP contribution is -2.52. The normalized spacial score (nSPS) is 18.2. The van der Waals surface area contributed by atoms with E-state index in [9.17, 15) is 18.5 Å². The third-order valence-corrected chi connectivity index (χ3v) is 9.83. The van der Waals surface area contributed by atoms with E-state index >= 15 is 0 Å². The highest BCUT2D eigenvalue weighted by Crippen LogP contribution is 2.48. The summed E-state index contributed by atoms with van der Waals surface area (Å²) in [5.74, 6) is 0.899. The van der Waals surface area contributed by atoms with Gasteiger partial charge in [-0.25, -0.2) is 18.3 Å². The number of carbonyl (C=O) groups excluding carboxylic acids is 1. The number of rotatable bonds is 13. The van der Waals surface area contributed by atoms with Crippen LogP contribution in [0.15, 0.2) is 48.5 Å². The Bertz CT molecular complexity index is 1550. The Labute approximate surface area is 268 Å². The van der Waals surface area contributed by atoms with Crippen LogP contribution in [0, 0.1) is 11.7 Å². The number of aromatic nitrogens is 1. The van der Waals surface area contributed by atoms with Gasteiger partial charge in [0.1, 0.15) is 23.7 Å². The Balaban J connectivity index is 1.73. The molecule has 1 aromatic heterocycles. The standard InChI is InChI=1S/C35H45FN2O6S/c1-9-18-43-28-15-12-24(19-29(28)42-8)27(39)16-17-34(7,40)30-20-26-32(31(37-30)23-10-13-25(36)14-11-23)44-21-35(26,22(2)3)38-45(41)33(4,5)6/h10-15,19-20,22,38,40H,9,16-18,21H2,1-8H3. The summed E-state index contributed by atoms with van der Waals surface area (Å²) < 4.78 is 47.6. The summed E-state index contributed by atoms with van der Waals surface area (Å²) in [6, 6.07) is 12.8. The van der Waals surface area contributed by atoms with Gasteiger partial charge in [0, 0.05) is 23.1 Å². The first-order valence-electron chi connectivity index (χ1n) is 15.3. The number of fused-ring (bicyclic) bond motifs is 1. The van der Waals surface area contributed by atoms with Crippen LogP contribution in [0.3, 0.4) is 0 Å². The zero-order valence-electron chi connectivity index (χ0n) is 27.5. The molecule has 1 aliphatic rings. The van der Waals surface area contributed by atoms with Gasteiger partial charge in [-0.15, -0.1) is 0 Å². The van der Waals surface area contributed by atoms with Crippen LogP contribution in [0.2, 0.25) is 0 Å². The van der Waals surface area contributed by atoms with Crippen molar-refractivity contribution in [2.45, 2.75) is 83.6 Å². The SMILES string of the molecule is CCCOc1ccc(C(=O)CCC(C)(O)c2cc3c(c(-c4ccc(F)cc4)n2)OCC3(NS(=O)C(C)(C)C)C(C)C)cc1OC. The minimum atomic E-state index is -1.53. The molecule has 0 saturated heterocycles. The van der Waals surface area contributed by atoms with Crippen LogP contribution in [0.4, 0.5) is 4.39 Å². The number of carbonyl (C=O) groups is 1. The average molecular weight is 641 g/mol. The van der Waals surface area contributed by atoms with Crippen molar-refractivity contribution in [2.75, 3.05) is 20.3 Å². The zero-order chi connectivity index (χ0) is 33.2. The molecule has 0 radical (unpaired) electrons. The number of pyridine rings is 1. The van der Waals surface area contributed by atoms with Crippen molar-refractivity contribution in [3.05, 3.63) is 71.2 Å². The van der Waals surface area contributed by atoms with E-state index in [1.165, 1.54) is 19.2 Å².